The molecule has 0 aromatic heterocycles. The zero-order valence-corrected chi connectivity index (χ0v) is 11.5. The van der Waals surface area contributed by atoms with E-state index in [2.05, 4.69) is 5.32 Å². The Morgan fingerprint density at radius 2 is 1.95 bits per heavy atom. The van der Waals surface area contributed by atoms with Crippen molar-refractivity contribution < 1.29 is 9.53 Å². The first kappa shape index (κ1) is 14.2. The lowest BCUT2D eigenvalue weighted by molar-refractivity contribution is 0.213. The van der Waals surface area contributed by atoms with Gasteiger partial charge in [-0.3, -0.25) is 0 Å². The number of benzene rings is 1. The summed E-state index contributed by atoms with van der Waals surface area (Å²) < 4.78 is 5.30. The van der Waals surface area contributed by atoms with Crippen molar-refractivity contribution in [3.05, 3.63) is 24.3 Å². The summed E-state index contributed by atoms with van der Waals surface area (Å²) in [7, 11) is 0. The van der Waals surface area contributed by atoms with Gasteiger partial charge in [0, 0.05) is 13.1 Å². The molecule has 0 unspecified atom stereocenters. The number of hydrogen-bond donors (Lipinski definition) is 1. The number of carbonyl (C=O) groups is 1. The lowest BCUT2D eigenvalue weighted by Crippen LogP contribution is -2.35. The summed E-state index contributed by atoms with van der Waals surface area (Å²) in [6.45, 7) is 1.57. The maximum Gasteiger partial charge on any atom is 0.321 e. The summed E-state index contributed by atoms with van der Waals surface area (Å²) in [5, 5.41) is 11.4. The second-order valence-electron chi connectivity index (χ2n) is 4.77. The quantitative estimate of drug-likeness (QED) is 0.920. The van der Waals surface area contributed by atoms with Gasteiger partial charge >= 0.3 is 6.03 Å². The molecular formula is C15H19N3O2. The van der Waals surface area contributed by atoms with Gasteiger partial charge in [-0.1, -0.05) is 25.0 Å². The van der Waals surface area contributed by atoms with Gasteiger partial charge in [-0.15, -0.1) is 0 Å². The molecule has 2 amide bonds. The highest BCUT2D eigenvalue weighted by molar-refractivity contribution is 5.91. The van der Waals surface area contributed by atoms with Crippen LogP contribution in [0, 0.1) is 11.3 Å². The smallest absolute Gasteiger partial charge is 0.321 e. The normalized spacial score (nSPS) is 15.1. The van der Waals surface area contributed by atoms with Crippen LogP contribution in [-0.2, 0) is 0 Å². The van der Waals surface area contributed by atoms with E-state index in [9.17, 15) is 4.79 Å². The second kappa shape index (κ2) is 7.39. The molecule has 1 saturated heterocycles. The molecule has 106 valence electrons. The Hall–Kier alpha value is -2.22. The monoisotopic (exact) mass is 273 g/mol. The average Bonchev–Trinajstić information content (AvgIpc) is 2.75. The van der Waals surface area contributed by atoms with Crippen LogP contribution in [0.2, 0.25) is 0 Å². The van der Waals surface area contributed by atoms with Crippen molar-refractivity contribution in [3.8, 4) is 11.8 Å². The first-order chi connectivity index (χ1) is 9.81. The van der Waals surface area contributed by atoms with Crippen LogP contribution in [0.15, 0.2) is 24.3 Å². The van der Waals surface area contributed by atoms with Gasteiger partial charge in [-0.05, 0) is 25.0 Å². The molecular weight excluding hydrogens is 254 g/mol. The molecule has 0 aliphatic carbocycles. The van der Waals surface area contributed by atoms with Crippen LogP contribution in [0.25, 0.3) is 0 Å². The zero-order chi connectivity index (χ0) is 14.2. The molecule has 1 heterocycles. The van der Waals surface area contributed by atoms with Gasteiger partial charge in [-0.25, -0.2) is 4.79 Å². The van der Waals surface area contributed by atoms with E-state index in [1.54, 1.807) is 12.1 Å². The molecule has 0 atom stereocenters. The van der Waals surface area contributed by atoms with Crippen molar-refractivity contribution in [3.63, 3.8) is 0 Å². The van der Waals surface area contributed by atoms with Crippen LogP contribution in [0.5, 0.6) is 5.75 Å². The Bertz CT molecular complexity index is 488. The largest absolute Gasteiger partial charge is 0.477 e. The van der Waals surface area contributed by atoms with Gasteiger partial charge in [0.15, 0.2) is 6.61 Å². The Morgan fingerprint density at radius 1 is 1.25 bits per heavy atom. The zero-order valence-electron chi connectivity index (χ0n) is 11.5. The van der Waals surface area contributed by atoms with Crippen molar-refractivity contribution >= 4 is 11.7 Å². The van der Waals surface area contributed by atoms with Crippen LogP contribution in [0.1, 0.15) is 25.7 Å². The Balaban J connectivity index is 2.01. The van der Waals surface area contributed by atoms with Crippen LogP contribution in [-0.4, -0.2) is 30.6 Å². The van der Waals surface area contributed by atoms with E-state index >= 15 is 0 Å². The standard InChI is InChI=1S/C15H19N3O2/c16-9-12-20-14-8-4-3-7-13(14)17-15(19)18-10-5-1-2-6-11-18/h3-4,7-8H,1-2,5-6,10-12H2,(H,17,19). The van der Waals surface area contributed by atoms with E-state index in [0.717, 1.165) is 25.9 Å². The summed E-state index contributed by atoms with van der Waals surface area (Å²) in [6.07, 6.45) is 4.48. The van der Waals surface area contributed by atoms with E-state index < -0.39 is 0 Å². The third kappa shape index (κ3) is 3.89. The summed E-state index contributed by atoms with van der Waals surface area (Å²) in [4.78, 5) is 14.1. The van der Waals surface area contributed by atoms with Crippen LogP contribution in [0.3, 0.4) is 0 Å². The van der Waals surface area contributed by atoms with Gasteiger partial charge in [0.1, 0.15) is 11.8 Å². The molecule has 1 N–H and O–H groups in total. The minimum Gasteiger partial charge on any atom is -0.477 e. The van der Waals surface area contributed by atoms with E-state index in [1.807, 2.05) is 23.1 Å². The molecule has 0 spiro atoms. The highest BCUT2D eigenvalue weighted by atomic mass is 16.5. The van der Waals surface area contributed by atoms with E-state index in [0.29, 0.717) is 11.4 Å². The number of rotatable bonds is 3. The van der Waals surface area contributed by atoms with Crippen molar-refractivity contribution in [1.82, 2.24) is 4.90 Å². The number of para-hydroxylation sites is 2. The number of anilines is 1. The van der Waals surface area contributed by atoms with Crippen molar-refractivity contribution in [1.29, 1.82) is 5.26 Å². The van der Waals surface area contributed by atoms with E-state index in [4.69, 9.17) is 10.00 Å². The van der Waals surface area contributed by atoms with Crippen molar-refractivity contribution in [2.45, 2.75) is 25.7 Å². The highest BCUT2D eigenvalue weighted by Crippen LogP contribution is 2.24. The number of likely N-dealkylation sites (tertiary alicyclic amines) is 1. The molecule has 1 fully saturated rings. The first-order valence-electron chi connectivity index (χ1n) is 6.96. The molecule has 0 bridgehead atoms. The summed E-state index contributed by atoms with van der Waals surface area (Å²) in [5.41, 5.74) is 0.608. The van der Waals surface area contributed by atoms with Gasteiger partial charge in [0.2, 0.25) is 0 Å². The first-order valence-corrected chi connectivity index (χ1v) is 6.96. The molecule has 0 saturated carbocycles. The molecule has 1 aliphatic rings. The van der Waals surface area contributed by atoms with E-state index in [1.165, 1.54) is 12.8 Å². The lowest BCUT2D eigenvalue weighted by atomic mass is 10.2. The predicted octanol–water partition coefficient (Wildman–Crippen LogP) is 3.00. The predicted molar refractivity (Wildman–Crippen MR) is 76.6 cm³/mol. The van der Waals surface area contributed by atoms with Gasteiger partial charge < -0.3 is 15.0 Å². The fourth-order valence-corrected chi connectivity index (χ4v) is 2.27. The van der Waals surface area contributed by atoms with Crippen LogP contribution < -0.4 is 10.1 Å². The number of carbonyl (C=O) groups excluding carboxylic acids is 1. The third-order valence-corrected chi connectivity index (χ3v) is 3.31. The molecule has 2 rings (SSSR count). The number of hydrogen-bond acceptors (Lipinski definition) is 3. The molecule has 0 radical (unpaired) electrons. The van der Waals surface area contributed by atoms with Crippen molar-refractivity contribution in [2.75, 3.05) is 25.0 Å². The van der Waals surface area contributed by atoms with Crippen molar-refractivity contribution in [2.24, 2.45) is 0 Å². The van der Waals surface area contributed by atoms with Gasteiger partial charge in [-0.2, -0.15) is 5.26 Å². The number of nitrogens with one attached hydrogen (secondary N) is 1. The Labute approximate surface area is 119 Å². The van der Waals surface area contributed by atoms with E-state index in [-0.39, 0.29) is 12.6 Å². The topological polar surface area (TPSA) is 65.4 Å². The molecule has 20 heavy (non-hydrogen) atoms. The molecule has 5 nitrogen and oxygen atoms in total. The summed E-state index contributed by atoms with van der Waals surface area (Å²) >= 11 is 0. The number of nitrogens with zero attached hydrogens (tertiary/aromatic N) is 2. The Morgan fingerprint density at radius 3 is 2.65 bits per heavy atom. The molecule has 1 aromatic carbocycles. The van der Waals surface area contributed by atoms with Crippen LogP contribution >= 0.6 is 0 Å². The molecule has 5 heteroatoms. The number of nitriles is 1. The maximum absolute atomic E-state index is 12.2. The molecule has 1 aromatic rings. The fraction of sp³-hybridized carbons (Fsp3) is 0.467. The van der Waals surface area contributed by atoms with Gasteiger partial charge in [0.05, 0.1) is 5.69 Å². The lowest BCUT2D eigenvalue weighted by Gasteiger charge is -2.21. The minimum atomic E-state index is -0.0973. The number of ether oxygens (including phenoxy) is 1. The number of urea groups is 1. The summed E-state index contributed by atoms with van der Waals surface area (Å²) in [6, 6.07) is 9.00. The van der Waals surface area contributed by atoms with Crippen LogP contribution in [0.4, 0.5) is 10.5 Å². The second-order valence-corrected chi connectivity index (χ2v) is 4.77. The highest BCUT2D eigenvalue weighted by Gasteiger charge is 2.16. The number of amides is 2. The fourth-order valence-electron chi connectivity index (χ4n) is 2.27. The maximum atomic E-state index is 12.2. The molecule has 1 aliphatic heterocycles. The van der Waals surface area contributed by atoms with Gasteiger partial charge in [0.25, 0.3) is 0 Å². The summed E-state index contributed by atoms with van der Waals surface area (Å²) in [5.74, 6) is 0.525. The Kier molecular flexibility index (Phi) is 5.24. The minimum absolute atomic E-state index is 0.0312. The average molecular weight is 273 g/mol. The SMILES string of the molecule is N#CCOc1ccccc1NC(=O)N1CCCCCC1. The third-order valence-electron chi connectivity index (χ3n) is 3.31.